The topological polar surface area (TPSA) is 100 Å². The largest absolute Gasteiger partial charge is 0.459 e. The van der Waals surface area contributed by atoms with Crippen LogP contribution in [0, 0.1) is 0 Å². The summed E-state index contributed by atoms with van der Waals surface area (Å²) in [6.07, 6.45) is 2.21. The van der Waals surface area contributed by atoms with Crippen LogP contribution in [-0.2, 0) is 4.79 Å². The number of carbonyl (C=O) groups excluding carboxylic acids is 3. The second-order valence-electron chi connectivity index (χ2n) is 5.01. The van der Waals surface area contributed by atoms with Gasteiger partial charge in [-0.1, -0.05) is 19.1 Å². The lowest BCUT2D eigenvalue weighted by molar-refractivity contribution is -0.120. The summed E-state index contributed by atoms with van der Waals surface area (Å²) >= 11 is 0. The van der Waals surface area contributed by atoms with Gasteiger partial charge in [-0.25, -0.2) is 0 Å². The molecule has 7 heteroatoms. The summed E-state index contributed by atoms with van der Waals surface area (Å²) in [7, 11) is 0. The van der Waals surface area contributed by atoms with Gasteiger partial charge in [0.25, 0.3) is 11.8 Å². The Kier molecular flexibility index (Phi) is 6.13. The van der Waals surface area contributed by atoms with Crippen molar-refractivity contribution in [3.63, 3.8) is 0 Å². The van der Waals surface area contributed by atoms with Gasteiger partial charge in [-0.15, -0.1) is 0 Å². The molecule has 2 aromatic rings. The van der Waals surface area contributed by atoms with Crippen molar-refractivity contribution >= 4 is 23.4 Å². The first-order valence-corrected chi connectivity index (χ1v) is 7.60. The molecule has 3 amide bonds. The number of amides is 3. The third-order valence-corrected chi connectivity index (χ3v) is 3.15. The third-order valence-electron chi connectivity index (χ3n) is 3.15. The van der Waals surface area contributed by atoms with Gasteiger partial charge in [0.1, 0.15) is 0 Å². The smallest absolute Gasteiger partial charge is 0.291 e. The standard InChI is InChI=1S/C17H19N3O4/c1-2-9-18-15(21)11-19-16(22)12-6-3-4-7-13(12)20-17(23)14-8-5-10-24-14/h3-8,10H,2,9,11H2,1H3,(H,18,21)(H,19,22)(H,20,23). The molecule has 0 aliphatic rings. The number of rotatable bonds is 7. The molecule has 1 aromatic carbocycles. The Hall–Kier alpha value is -3.09. The molecule has 0 spiro atoms. The molecule has 3 N–H and O–H groups in total. The molecule has 1 heterocycles. The maximum atomic E-state index is 12.2. The average molecular weight is 329 g/mol. The minimum absolute atomic E-state index is 0.126. The fourth-order valence-corrected chi connectivity index (χ4v) is 1.96. The number of hydrogen-bond acceptors (Lipinski definition) is 4. The number of benzene rings is 1. The second kappa shape index (κ2) is 8.52. The first-order chi connectivity index (χ1) is 11.6. The number of para-hydroxylation sites is 1. The SMILES string of the molecule is CCCNC(=O)CNC(=O)c1ccccc1NC(=O)c1ccco1. The summed E-state index contributed by atoms with van der Waals surface area (Å²) < 4.78 is 5.02. The summed E-state index contributed by atoms with van der Waals surface area (Å²) in [6.45, 7) is 2.38. The summed E-state index contributed by atoms with van der Waals surface area (Å²) in [5, 5.41) is 7.82. The Balaban J connectivity index is 2.01. The summed E-state index contributed by atoms with van der Waals surface area (Å²) in [6, 6.07) is 9.67. The summed E-state index contributed by atoms with van der Waals surface area (Å²) in [4.78, 5) is 35.8. The van der Waals surface area contributed by atoms with E-state index in [0.717, 1.165) is 6.42 Å². The number of carbonyl (C=O) groups is 3. The van der Waals surface area contributed by atoms with Crippen molar-refractivity contribution < 1.29 is 18.8 Å². The Morgan fingerprint density at radius 1 is 1.00 bits per heavy atom. The second-order valence-corrected chi connectivity index (χ2v) is 5.01. The molecule has 0 unspecified atom stereocenters. The number of anilines is 1. The van der Waals surface area contributed by atoms with Crippen LogP contribution in [0.2, 0.25) is 0 Å². The molecule has 0 saturated carbocycles. The number of hydrogen-bond donors (Lipinski definition) is 3. The number of furan rings is 1. The minimum Gasteiger partial charge on any atom is -0.459 e. The Morgan fingerprint density at radius 3 is 2.50 bits per heavy atom. The Bertz CT molecular complexity index is 710. The van der Waals surface area contributed by atoms with Gasteiger partial charge < -0.3 is 20.4 Å². The summed E-state index contributed by atoms with van der Waals surface area (Å²) in [5.74, 6) is -1.02. The van der Waals surface area contributed by atoms with Gasteiger partial charge in [0, 0.05) is 6.54 Å². The molecule has 7 nitrogen and oxygen atoms in total. The van der Waals surface area contributed by atoms with Crippen molar-refractivity contribution in [2.45, 2.75) is 13.3 Å². The van der Waals surface area contributed by atoms with Crippen LogP contribution in [0.3, 0.4) is 0 Å². The third kappa shape index (κ3) is 4.70. The van der Waals surface area contributed by atoms with Gasteiger partial charge in [0.2, 0.25) is 5.91 Å². The molecule has 126 valence electrons. The molecule has 0 aliphatic carbocycles. The van der Waals surface area contributed by atoms with E-state index in [-0.39, 0.29) is 23.8 Å². The number of nitrogens with one attached hydrogen (secondary N) is 3. The molecule has 2 rings (SSSR count). The van der Waals surface area contributed by atoms with E-state index >= 15 is 0 Å². The average Bonchev–Trinajstić information content (AvgIpc) is 3.13. The normalized spacial score (nSPS) is 10.0. The van der Waals surface area contributed by atoms with E-state index in [4.69, 9.17) is 4.42 Å². The molecule has 0 aliphatic heterocycles. The van der Waals surface area contributed by atoms with Crippen molar-refractivity contribution in [2.24, 2.45) is 0 Å². The van der Waals surface area contributed by atoms with Crippen molar-refractivity contribution in [3.8, 4) is 0 Å². The van der Waals surface area contributed by atoms with E-state index in [1.165, 1.54) is 12.3 Å². The van der Waals surface area contributed by atoms with Crippen LogP contribution >= 0.6 is 0 Å². The van der Waals surface area contributed by atoms with Crippen molar-refractivity contribution in [2.75, 3.05) is 18.4 Å². The molecule has 0 fully saturated rings. The molecular formula is C17H19N3O4. The van der Waals surface area contributed by atoms with E-state index in [2.05, 4.69) is 16.0 Å². The van der Waals surface area contributed by atoms with Crippen LogP contribution in [-0.4, -0.2) is 30.8 Å². The van der Waals surface area contributed by atoms with Gasteiger partial charge in [-0.2, -0.15) is 0 Å². The van der Waals surface area contributed by atoms with Crippen LogP contribution in [0.5, 0.6) is 0 Å². The zero-order valence-electron chi connectivity index (χ0n) is 13.3. The Labute approximate surface area is 139 Å². The van der Waals surface area contributed by atoms with E-state index in [1.54, 1.807) is 30.3 Å². The monoisotopic (exact) mass is 329 g/mol. The summed E-state index contributed by atoms with van der Waals surface area (Å²) in [5.41, 5.74) is 0.603. The molecule has 0 radical (unpaired) electrons. The van der Waals surface area contributed by atoms with E-state index < -0.39 is 11.8 Å². The lowest BCUT2D eigenvalue weighted by atomic mass is 10.1. The zero-order valence-corrected chi connectivity index (χ0v) is 13.3. The molecule has 1 aromatic heterocycles. The zero-order chi connectivity index (χ0) is 17.4. The molecular weight excluding hydrogens is 310 g/mol. The molecule has 0 bridgehead atoms. The maximum absolute atomic E-state index is 12.2. The van der Waals surface area contributed by atoms with Crippen LogP contribution in [0.25, 0.3) is 0 Å². The van der Waals surface area contributed by atoms with Crippen LogP contribution in [0.4, 0.5) is 5.69 Å². The first-order valence-electron chi connectivity index (χ1n) is 7.60. The maximum Gasteiger partial charge on any atom is 0.291 e. The minimum atomic E-state index is -0.457. The van der Waals surface area contributed by atoms with Crippen LogP contribution < -0.4 is 16.0 Å². The van der Waals surface area contributed by atoms with Gasteiger partial charge in [-0.05, 0) is 30.7 Å². The van der Waals surface area contributed by atoms with Gasteiger partial charge >= 0.3 is 0 Å². The highest BCUT2D eigenvalue weighted by Gasteiger charge is 2.15. The fourth-order valence-electron chi connectivity index (χ4n) is 1.96. The quantitative estimate of drug-likeness (QED) is 0.721. The highest BCUT2D eigenvalue weighted by atomic mass is 16.3. The van der Waals surface area contributed by atoms with Crippen molar-refractivity contribution in [1.82, 2.24) is 10.6 Å². The van der Waals surface area contributed by atoms with Crippen molar-refractivity contribution in [3.05, 3.63) is 54.0 Å². The van der Waals surface area contributed by atoms with Crippen LogP contribution in [0.1, 0.15) is 34.3 Å². The van der Waals surface area contributed by atoms with E-state index in [0.29, 0.717) is 12.2 Å². The van der Waals surface area contributed by atoms with Gasteiger partial charge in [-0.3, -0.25) is 14.4 Å². The predicted octanol–water partition coefficient (Wildman–Crippen LogP) is 1.79. The van der Waals surface area contributed by atoms with Crippen LogP contribution in [0.15, 0.2) is 47.1 Å². The Morgan fingerprint density at radius 2 is 1.79 bits per heavy atom. The molecule has 0 atom stereocenters. The first kappa shape index (κ1) is 17.3. The predicted molar refractivity (Wildman–Crippen MR) is 88.7 cm³/mol. The lowest BCUT2D eigenvalue weighted by Gasteiger charge is -2.11. The van der Waals surface area contributed by atoms with E-state index in [1.807, 2.05) is 6.92 Å². The van der Waals surface area contributed by atoms with Gasteiger partial charge in [0.15, 0.2) is 5.76 Å². The van der Waals surface area contributed by atoms with Crippen molar-refractivity contribution in [1.29, 1.82) is 0 Å². The fraction of sp³-hybridized carbons (Fsp3) is 0.235. The highest BCUT2D eigenvalue weighted by molar-refractivity contribution is 6.08. The van der Waals surface area contributed by atoms with E-state index in [9.17, 15) is 14.4 Å². The van der Waals surface area contributed by atoms with Gasteiger partial charge in [0.05, 0.1) is 24.1 Å². The lowest BCUT2D eigenvalue weighted by Crippen LogP contribution is -2.37. The molecule has 0 saturated heterocycles. The highest BCUT2D eigenvalue weighted by Crippen LogP contribution is 2.16. The molecule has 24 heavy (non-hydrogen) atoms.